The van der Waals surface area contributed by atoms with Crippen LogP contribution in [0.1, 0.15) is 34.2 Å². The average Bonchev–Trinajstić information content (AvgIpc) is 2.55. The van der Waals surface area contributed by atoms with Gasteiger partial charge in [0, 0.05) is 0 Å². The molecular formula is C10H16N2O4S2. The molecule has 1 heterocycles. The minimum absolute atomic E-state index is 0.0356. The predicted octanol–water partition coefficient (Wildman–Crippen LogP) is 1.23. The summed E-state index contributed by atoms with van der Waals surface area (Å²) in [5.41, 5.74) is 0.408. The Morgan fingerprint density at radius 2 is 2.11 bits per heavy atom. The van der Waals surface area contributed by atoms with Gasteiger partial charge in [-0.15, -0.1) is 11.3 Å². The summed E-state index contributed by atoms with van der Waals surface area (Å²) >= 11 is 0.990. The fourth-order valence-corrected chi connectivity index (χ4v) is 3.68. The first-order valence-corrected chi connectivity index (χ1v) is 7.85. The summed E-state index contributed by atoms with van der Waals surface area (Å²) in [4.78, 5) is 15.0. The van der Waals surface area contributed by atoms with Crippen molar-refractivity contribution in [2.45, 2.75) is 27.3 Å². The van der Waals surface area contributed by atoms with E-state index in [0.717, 1.165) is 11.3 Å². The van der Waals surface area contributed by atoms with Crippen molar-refractivity contribution in [1.82, 2.24) is 9.71 Å². The van der Waals surface area contributed by atoms with Gasteiger partial charge in [0.2, 0.25) is 10.0 Å². The molecule has 0 unspecified atom stereocenters. The molecule has 0 aliphatic heterocycles. The summed E-state index contributed by atoms with van der Waals surface area (Å²) in [6, 6.07) is 0. The van der Waals surface area contributed by atoms with Crippen LogP contribution >= 0.6 is 11.3 Å². The van der Waals surface area contributed by atoms with Crippen molar-refractivity contribution in [3.05, 3.63) is 15.6 Å². The highest BCUT2D eigenvalue weighted by atomic mass is 32.2. The van der Waals surface area contributed by atoms with Crippen molar-refractivity contribution >= 4 is 27.3 Å². The van der Waals surface area contributed by atoms with E-state index in [0.29, 0.717) is 10.7 Å². The van der Waals surface area contributed by atoms with E-state index in [1.165, 1.54) is 0 Å². The standard InChI is InChI=1S/C10H16N2O4S2/c1-6(2)5-18(15,16)11-4-8-12-7(3)9(17-8)10(13)14/h6,11H,4-5H2,1-3H3,(H,13,14). The third-order valence-electron chi connectivity index (χ3n) is 2.03. The smallest absolute Gasteiger partial charge is 0.347 e. The van der Waals surface area contributed by atoms with Crippen LogP contribution in [0.15, 0.2) is 0 Å². The summed E-state index contributed by atoms with van der Waals surface area (Å²) in [5, 5.41) is 9.31. The number of sulfonamides is 1. The zero-order chi connectivity index (χ0) is 13.9. The number of aromatic nitrogens is 1. The van der Waals surface area contributed by atoms with Gasteiger partial charge in [-0.2, -0.15) is 0 Å². The van der Waals surface area contributed by atoms with Gasteiger partial charge in [-0.05, 0) is 12.8 Å². The van der Waals surface area contributed by atoms with E-state index in [-0.39, 0.29) is 23.1 Å². The number of nitrogens with one attached hydrogen (secondary N) is 1. The minimum atomic E-state index is -3.33. The minimum Gasteiger partial charge on any atom is -0.477 e. The van der Waals surface area contributed by atoms with E-state index < -0.39 is 16.0 Å². The van der Waals surface area contributed by atoms with E-state index in [4.69, 9.17) is 5.11 Å². The summed E-state index contributed by atoms with van der Waals surface area (Å²) in [7, 11) is -3.33. The number of aromatic carboxylic acids is 1. The maximum absolute atomic E-state index is 11.6. The number of rotatable bonds is 6. The van der Waals surface area contributed by atoms with Gasteiger partial charge in [0.1, 0.15) is 9.88 Å². The van der Waals surface area contributed by atoms with Gasteiger partial charge in [-0.1, -0.05) is 13.8 Å². The summed E-state index contributed by atoms with van der Waals surface area (Å²) < 4.78 is 25.6. The topological polar surface area (TPSA) is 96.4 Å². The second-order valence-corrected chi connectivity index (χ2v) is 7.26. The lowest BCUT2D eigenvalue weighted by Gasteiger charge is -2.06. The highest BCUT2D eigenvalue weighted by Gasteiger charge is 2.16. The maximum Gasteiger partial charge on any atom is 0.347 e. The van der Waals surface area contributed by atoms with E-state index in [1.807, 2.05) is 13.8 Å². The van der Waals surface area contributed by atoms with Crippen LogP contribution in [0.2, 0.25) is 0 Å². The molecule has 18 heavy (non-hydrogen) atoms. The second-order valence-electron chi connectivity index (χ2n) is 4.32. The Balaban J connectivity index is 2.70. The van der Waals surface area contributed by atoms with Gasteiger partial charge in [-0.3, -0.25) is 0 Å². The predicted molar refractivity (Wildman–Crippen MR) is 69.3 cm³/mol. The van der Waals surface area contributed by atoms with Crippen LogP contribution in [-0.4, -0.2) is 30.2 Å². The number of nitrogens with zero attached hydrogens (tertiary/aromatic N) is 1. The third-order valence-corrected chi connectivity index (χ3v) is 4.87. The van der Waals surface area contributed by atoms with Crippen molar-refractivity contribution in [2.24, 2.45) is 5.92 Å². The first-order valence-electron chi connectivity index (χ1n) is 5.38. The zero-order valence-corrected chi connectivity index (χ0v) is 12.1. The summed E-state index contributed by atoms with van der Waals surface area (Å²) in [6.45, 7) is 5.25. The zero-order valence-electron chi connectivity index (χ0n) is 10.4. The third kappa shape index (κ3) is 4.35. The van der Waals surface area contributed by atoms with Gasteiger partial charge in [0.15, 0.2) is 0 Å². The normalized spacial score (nSPS) is 12.0. The van der Waals surface area contributed by atoms with Gasteiger partial charge in [0.05, 0.1) is 18.0 Å². The van der Waals surface area contributed by atoms with Crippen molar-refractivity contribution in [2.75, 3.05) is 5.75 Å². The fraction of sp³-hybridized carbons (Fsp3) is 0.600. The number of hydrogen-bond acceptors (Lipinski definition) is 5. The molecule has 0 saturated carbocycles. The van der Waals surface area contributed by atoms with Crippen LogP contribution < -0.4 is 4.72 Å². The lowest BCUT2D eigenvalue weighted by molar-refractivity contribution is 0.0701. The molecule has 1 aromatic rings. The second kappa shape index (κ2) is 5.77. The first-order chi connectivity index (χ1) is 8.21. The molecule has 0 atom stereocenters. The van der Waals surface area contributed by atoms with Crippen molar-refractivity contribution < 1.29 is 18.3 Å². The highest BCUT2D eigenvalue weighted by Crippen LogP contribution is 2.18. The SMILES string of the molecule is Cc1nc(CNS(=O)(=O)CC(C)C)sc1C(=O)O. The molecule has 0 spiro atoms. The van der Waals surface area contributed by atoms with Crippen LogP contribution in [0.4, 0.5) is 0 Å². The molecule has 0 aromatic carbocycles. The van der Waals surface area contributed by atoms with Gasteiger partial charge < -0.3 is 5.11 Å². The van der Waals surface area contributed by atoms with Crippen LogP contribution in [0.25, 0.3) is 0 Å². The molecular weight excluding hydrogens is 276 g/mol. The molecule has 0 bridgehead atoms. The molecule has 2 N–H and O–H groups in total. The number of carboxylic acids is 1. The number of aryl methyl sites for hydroxylation is 1. The Labute approximate surface area is 110 Å². The fourth-order valence-electron chi connectivity index (χ4n) is 1.40. The monoisotopic (exact) mass is 292 g/mol. The molecule has 1 aromatic heterocycles. The van der Waals surface area contributed by atoms with Crippen molar-refractivity contribution in [3.8, 4) is 0 Å². The quantitative estimate of drug-likeness (QED) is 0.822. The summed E-state index contributed by atoms with van der Waals surface area (Å²) in [5.74, 6) is -0.959. The van der Waals surface area contributed by atoms with Gasteiger partial charge in [0.25, 0.3) is 0 Å². The molecule has 1 rings (SSSR count). The molecule has 0 fully saturated rings. The number of hydrogen-bond donors (Lipinski definition) is 2. The van der Waals surface area contributed by atoms with E-state index in [2.05, 4.69) is 9.71 Å². The number of carbonyl (C=O) groups is 1. The van der Waals surface area contributed by atoms with Crippen molar-refractivity contribution in [1.29, 1.82) is 0 Å². The Kier molecular flexibility index (Phi) is 4.83. The molecule has 0 radical (unpaired) electrons. The Morgan fingerprint density at radius 1 is 1.50 bits per heavy atom. The van der Waals surface area contributed by atoms with E-state index in [9.17, 15) is 13.2 Å². The largest absolute Gasteiger partial charge is 0.477 e. The molecule has 8 heteroatoms. The van der Waals surface area contributed by atoms with E-state index in [1.54, 1.807) is 6.92 Å². The van der Waals surface area contributed by atoms with Crippen LogP contribution in [0.3, 0.4) is 0 Å². The van der Waals surface area contributed by atoms with Crippen molar-refractivity contribution in [3.63, 3.8) is 0 Å². The average molecular weight is 292 g/mol. The Bertz CT molecular complexity index is 534. The van der Waals surface area contributed by atoms with E-state index >= 15 is 0 Å². The highest BCUT2D eigenvalue weighted by molar-refractivity contribution is 7.89. The maximum atomic E-state index is 11.6. The lowest BCUT2D eigenvalue weighted by atomic mass is 10.3. The molecule has 0 aliphatic rings. The number of thiazole rings is 1. The molecule has 102 valence electrons. The Hall–Kier alpha value is -0.990. The first kappa shape index (κ1) is 15.1. The van der Waals surface area contributed by atoms with Gasteiger partial charge in [-0.25, -0.2) is 22.9 Å². The van der Waals surface area contributed by atoms with Crippen LogP contribution in [0.5, 0.6) is 0 Å². The molecule has 0 saturated heterocycles. The van der Waals surface area contributed by atoms with Crippen LogP contribution in [-0.2, 0) is 16.6 Å². The Morgan fingerprint density at radius 3 is 2.56 bits per heavy atom. The summed E-state index contributed by atoms with van der Waals surface area (Å²) in [6.07, 6.45) is 0. The number of carboxylic acid groups (broad SMARTS) is 1. The lowest BCUT2D eigenvalue weighted by Crippen LogP contribution is -2.28. The molecule has 6 nitrogen and oxygen atoms in total. The molecule has 0 amide bonds. The van der Waals surface area contributed by atoms with Crippen LogP contribution in [0, 0.1) is 12.8 Å². The molecule has 0 aliphatic carbocycles. The van der Waals surface area contributed by atoms with Gasteiger partial charge >= 0.3 is 5.97 Å².